The zero-order chi connectivity index (χ0) is 9.97. The van der Waals surface area contributed by atoms with E-state index in [4.69, 9.17) is 0 Å². The van der Waals surface area contributed by atoms with Crippen molar-refractivity contribution in [3.05, 3.63) is 0 Å². The minimum atomic E-state index is -0.0403. The number of rotatable bonds is 3. The number of hydrogen-bond acceptors (Lipinski definition) is 3. The van der Waals surface area contributed by atoms with Gasteiger partial charge in [-0.15, -0.1) is 0 Å². The Hall–Kier alpha value is -0.120. The monoisotopic (exact) mass is 198 g/mol. The van der Waals surface area contributed by atoms with Gasteiger partial charge in [-0.05, 0) is 32.2 Å². The van der Waals surface area contributed by atoms with Crippen molar-refractivity contribution in [2.45, 2.75) is 50.8 Å². The van der Waals surface area contributed by atoms with Gasteiger partial charge in [0.05, 0.1) is 6.10 Å². The molecule has 1 aliphatic carbocycles. The summed E-state index contributed by atoms with van der Waals surface area (Å²) >= 11 is 0. The summed E-state index contributed by atoms with van der Waals surface area (Å²) in [6.07, 6.45) is 5.20. The van der Waals surface area contributed by atoms with Crippen molar-refractivity contribution < 1.29 is 5.11 Å². The molecule has 2 N–H and O–H groups in total. The number of hydrogen-bond donors (Lipinski definition) is 2. The first-order valence-electron chi connectivity index (χ1n) is 5.95. The lowest BCUT2D eigenvalue weighted by molar-refractivity contribution is -0.0349. The largest absolute Gasteiger partial charge is 0.390 e. The fraction of sp³-hybridized carbons (Fsp3) is 1.00. The van der Waals surface area contributed by atoms with Crippen molar-refractivity contribution in [2.24, 2.45) is 0 Å². The van der Waals surface area contributed by atoms with Crippen molar-refractivity contribution in [3.63, 3.8) is 0 Å². The Balaban J connectivity index is 1.68. The highest BCUT2D eigenvalue weighted by Gasteiger charge is 2.32. The highest BCUT2D eigenvalue weighted by Crippen LogP contribution is 2.26. The molecule has 0 unspecified atom stereocenters. The molecule has 3 heteroatoms. The molecule has 0 aromatic rings. The quantitative estimate of drug-likeness (QED) is 0.696. The molecule has 82 valence electrons. The first-order chi connectivity index (χ1) is 6.79. The van der Waals surface area contributed by atoms with Gasteiger partial charge in [0, 0.05) is 25.2 Å². The summed E-state index contributed by atoms with van der Waals surface area (Å²) in [5.41, 5.74) is 0. The van der Waals surface area contributed by atoms with Crippen molar-refractivity contribution in [1.82, 2.24) is 10.2 Å². The molecule has 2 fully saturated rings. The molecule has 0 radical (unpaired) electrons. The predicted molar refractivity (Wildman–Crippen MR) is 57.3 cm³/mol. The molecule has 2 rings (SSSR count). The van der Waals surface area contributed by atoms with E-state index in [0.717, 1.165) is 31.7 Å². The van der Waals surface area contributed by atoms with Gasteiger partial charge in [0.25, 0.3) is 0 Å². The van der Waals surface area contributed by atoms with Crippen molar-refractivity contribution in [1.29, 1.82) is 0 Å². The smallest absolute Gasteiger partial charge is 0.0794 e. The van der Waals surface area contributed by atoms with E-state index in [1.807, 2.05) is 0 Å². The first kappa shape index (κ1) is 10.4. The Morgan fingerprint density at radius 1 is 1.21 bits per heavy atom. The number of likely N-dealkylation sites (tertiary alicyclic amines) is 1. The lowest BCUT2D eigenvalue weighted by Gasteiger charge is -2.44. The second kappa shape index (κ2) is 4.60. The van der Waals surface area contributed by atoms with Gasteiger partial charge in [-0.1, -0.05) is 6.92 Å². The molecular formula is C11H22N2O. The van der Waals surface area contributed by atoms with Crippen LogP contribution in [-0.2, 0) is 0 Å². The van der Waals surface area contributed by atoms with E-state index in [-0.39, 0.29) is 6.10 Å². The molecule has 14 heavy (non-hydrogen) atoms. The fourth-order valence-electron chi connectivity index (χ4n) is 2.72. The van der Waals surface area contributed by atoms with Crippen LogP contribution in [0.5, 0.6) is 0 Å². The molecule has 0 bridgehead atoms. The Kier molecular flexibility index (Phi) is 3.42. The number of β-amino-alcohol motifs (C(OH)–C–C–N with tert-alkyl or cyclic N) is 1. The van der Waals surface area contributed by atoms with Gasteiger partial charge < -0.3 is 10.4 Å². The van der Waals surface area contributed by atoms with E-state index in [1.165, 1.54) is 25.7 Å². The van der Waals surface area contributed by atoms with Crippen LogP contribution in [-0.4, -0.2) is 47.8 Å². The molecule has 0 aromatic heterocycles. The number of nitrogens with one attached hydrogen (secondary N) is 1. The Bertz CT molecular complexity index is 172. The zero-order valence-corrected chi connectivity index (χ0v) is 9.08. The Labute approximate surface area is 86.5 Å². The minimum absolute atomic E-state index is 0.0403. The summed E-state index contributed by atoms with van der Waals surface area (Å²) in [4.78, 5) is 2.44. The van der Waals surface area contributed by atoms with E-state index in [9.17, 15) is 5.11 Å². The summed E-state index contributed by atoms with van der Waals surface area (Å²) in [5, 5.41) is 12.8. The van der Waals surface area contributed by atoms with Crippen LogP contribution in [0.2, 0.25) is 0 Å². The van der Waals surface area contributed by atoms with Crippen LogP contribution in [0.4, 0.5) is 0 Å². The van der Waals surface area contributed by atoms with E-state index >= 15 is 0 Å². The van der Waals surface area contributed by atoms with Gasteiger partial charge in [0.2, 0.25) is 0 Å². The van der Waals surface area contributed by atoms with Crippen molar-refractivity contribution in [2.75, 3.05) is 19.6 Å². The molecule has 0 spiro atoms. The van der Waals surface area contributed by atoms with E-state index in [2.05, 4.69) is 17.1 Å². The molecule has 2 aliphatic rings. The first-order valence-corrected chi connectivity index (χ1v) is 5.95. The third-order valence-corrected chi connectivity index (χ3v) is 3.60. The Morgan fingerprint density at radius 2 is 1.86 bits per heavy atom. The van der Waals surface area contributed by atoms with E-state index in [1.54, 1.807) is 0 Å². The predicted octanol–water partition coefficient (Wildman–Crippen LogP) is 0.584. The average molecular weight is 198 g/mol. The second-order valence-corrected chi connectivity index (χ2v) is 4.67. The fourth-order valence-corrected chi connectivity index (χ4v) is 2.72. The maximum Gasteiger partial charge on any atom is 0.0794 e. The molecule has 0 aromatic carbocycles. The van der Waals surface area contributed by atoms with Gasteiger partial charge in [-0.3, -0.25) is 4.90 Å². The third kappa shape index (κ3) is 2.27. The molecule has 1 saturated heterocycles. The number of aliphatic hydroxyl groups excluding tert-OH is 1. The van der Waals surface area contributed by atoms with Crippen LogP contribution in [0.1, 0.15) is 32.6 Å². The third-order valence-electron chi connectivity index (χ3n) is 3.60. The van der Waals surface area contributed by atoms with Gasteiger partial charge in [-0.2, -0.15) is 0 Å². The average Bonchev–Trinajstić information content (AvgIpc) is 2.15. The zero-order valence-electron chi connectivity index (χ0n) is 9.08. The second-order valence-electron chi connectivity index (χ2n) is 4.67. The molecule has 0 atom stereocenters. The lowest BCUT2D eigenvalue weighted by atomic mass is 9.88. The summed E-state index contributed by atoms with van der Waals surface area (Å²) in [6.45, 7) is 5.10. The van der Waals surface area contributed by atoms with Crippen LogP contribution in [0, 0.1) is 0 Å². The van der Waals surface area contributed by atoms with E-state index in [0.29, 0.717) is 0 Å². The van der Waals surface area contributed by atoms with Crippen LogP contribution in [0.3, 0.4) is 0 Å². The number of aliphatic hydroxyl groups is 1. The molecule has 1 saturated carbocycles. The summed E-state index contributed by atoms with van der Waals surface area (Å²) < 4.78 is 0. The van der Waals surface area contributed by atoms with Crippen LogP contribution in [0.15, 0.2) is 0 Å². The highest BCUT2D eigenvalue weighted by molar-refractivity contribution is 4.89. The highest BCUT2D eigenvalue weighted by atomic mass is 16.3. The Morgan fingerprint density at radius 3 is 2.36 bits per heavy atom. The number of nitrogens with zero attached hydrogens (tertiary/aromatic N) is 1. The van der Waals surface area contributed by atoms with Gasteiger partial charge >= 0.3 is 0 Å². The standard InChI is InChI=1S/C11H22N2O/c1-2-12-9-3-5-10(6-4-9)13-7-11(14)8-13/h9-12,14H,2-8H2,1H3. The minimum Gasteiger partial charge on any atom is -0.390 e. The maximum absolute atomic E-state index is 9.23. The topological polar surface area (TPSA) is 35.5 Å². The van der Waals surface area contributed by atoms with Gasteiger partial charge in [-0.25, -0.2) is 0 Å². The van der Waals surface area contributed by atoms with Crippen molar-refractivity contribution >= 4 is 0 Å². The van der Waals surface area contributed by atoms with Crippen LogP contribution >= 0.6 is 0 Å². The molecule has 1 heterocycles. The van der Waals surface area contributed by atoms with Crippen LogP contribution in [0.25, 0.3) is 0 Å². The SMILES string of the molecule is CCNC1CCC(N2CC(O)C2)CC1. The molecule has 0 amide bonds. The lowest BCUT2D eigenvalue weighted by Crippen LogP contribution is -2.56. The maximum atomic E-state index is 9.23. The normalized spacial score (nSPS) is 35.6. The summed E-state index contributed by atoms with van der Waals surface area (Å²) in [6, 6.07) is 1.51. The van der Waals surface area contributed by atoms with Gasteiger partial charge in [0.15, 0.2) is 0 Å². The van der Waals surface area contributed by atoms with Crippen LogP contribution < -0.4 is 5.32 Å². The van der Waals surface area contributed by atoms with Crippen molar-refractivity contribution in [3.8, 4) is 0 Å². The molecule has 1 aliphatic heterocycles. The summed E-state index contributed by atoms with van der Waals surface area (Å²) in [7, 11) is 0. The molecule has 3 nitrogen and oxygen atoms in total. The summed E-state index contributed by atoms with van der Waals surface area (Å²) in [5.74, 6) is 0. The molecular weight excluding hydrogens is 176 g/mol. The van der Waals surface area contributed by atoms with E-state index < -0.39 is 0 Å². The van der Waals surface area contributed by atoms with Gasteiger partial charge in [0.1, 0.15) is 0 Å².